The van der Waals surface area contributed by atoms with Crippen molar-refractivity contribution in [3.63, 3.8) is 0 Å². The molecule has 1 heterocycles. The van der Waals surface area contributed by atoms with Crippen molar-refractivity contribution < 1.29 is 9.47 Å². The van der Waals surface area contributed by atoms with E-state index < -0.39 is 5.69 Å². The van der Waals surface area contributed by atoms with Gasteiger partial charge in [-0.25, -0.2) is 9.89 Å². The fourth-order valence-corrected chi connectivity index (χ4v) is 2.59. The number of hydrogen-bond acceptors (Lipinski definition) is 7. The molecule has 0 aliphatic heterocycles. The van der Waals surface area contributed by atoms with Crippen LogP contribution < -0.4 is 20.6 Å². The summed E-state index contributed by atoms with van der Waals surface area (Å²) in [7, 11) is 0. The van der Waals surface area contributed by atoms with Gasteiger partial charge in [-0.1, -0.05) is 24.3 Å². The van der Waals surface area contributed by atoms with Gasteiger partial charge in [-0.05, 0) is 55.7 Å². The Labute approximate surface area is 168 Å². The van der Waals surface area contributed by atoms with Crippen LogP contribution in [0, 0.1) is 13.8 Å². The predicted octanol–water partition coefficient (Wildman–Crippen LogP) is 3.21. The van der Waals surface area contributed by atoms with Crippen molar-refractivity contribution in [2.24, 2.45) is 5.10 Å². The molecule has 0 aliphatic rings. The number of rotatable bonds is 8. The van der Waals surface area contributed by atoms with Crippen molar-refractivity contribution in [3.05, 3.63) is 75.3 Å². The van der Waals surface area contributed by atoms with Crippen LogP contribution in [0.25, 0.3) is 0 Å². The molecule has 8 nitrogen and oxygen atoms in total. The predicted molar refractivity (Wildman–Crippen MR) is 112 cm³/mol. The molecule has 29 heavy (non-hydrogen) atoms. The van der Waals surface area contributed by atoms with Crippen molar-refractivity contribution in [1.29, 1.82) is 0 Å². The zero-order valence-corrected chi connectivity index (χ0v) is 16.6. The Balaban J connectivity index is 1.72. The zero-order chi connectivity index (χ0) is 20.6. The van der Waals surface area contributed by atoms with E-state index in [9.17, 15) is 4.79 Å². The lowest BCUT2D eigenvalue weighted by molar-refractivity contribution is 0.269. The number of aryl methyl sites for hydroxylation is 2. The normalized spacial score (nSPS) is 10.9. The van der Waals surface area contributed by atoms with Gasteiger partial charge in [0.25, 0.3) is 0 Å². The van der Waals surface area contributed by atoms with Crippen molar-refractivity contribution in [3.8, 4) is 11.5 Å². The van der Waals surface area contributed by atoms with Crippen LogP contribution in [0.5, 0.6) is 11.5 Å². The van der Waals surface area contributed by atoms with Crippen LogP contribution in [-0.4, -0.2) is 28.0 Å². The molecule has 0 amide bonds. The topological polar surface area (TPSA) is 101 Å². The molecule has 0 bridgehead atoms. The van der Waals surface area contributed by atoms with Gasteiger partial charge in [-0.15, -0.1) is 0 Å². The van der Waals surface area contributed by atoms with E-state index >= 15 is 0 Å². The summed E-state index contributed by atoms with van der Waals surface area (Å²) in [6.45, 7) is 6.67. The first kappa shape index (κ1) is 20.1. The molecule has 3 aromatic rings. The second-order valence-electron chi connectivity index (χ2n) is 6.30. The number of aromatic nitrogens is 3. The number of ether oxygens (including phenoxy) is 2. The van der Waals surface area contributed by atoms with Gasteiger partial charge in [0.2, 0.25) is 0 Å². The lowest BCUT2D eigenvalue weighted by Gasteiger charge is -2.13. The second kappa shape index (κ2) is 9.50. The minimum Gasteiger partial charge on any atom is -0.490 e. The molecular formula is C21H23N5O3. The van der Waals surface area contributed by atoms with Gasteiger partial charge < -0.3 is 9.47 Å². The van der Waals surface area contributed by atoms with Crippen LogP contribution in [-0.2, 0) is 6.61 Å². The lowest BCUT2D eigenvalue weighted by Crippen LogP contribution is -2.15. The summed E-state index contributed by atoms with van der Waals surface area (Å²) in [5.41, 5.74) is 5.83. The highest BCUT2D eigenvalue weighted by atomic mass is 16.5. The maximum atomic E-state index is 11.3. The van der Waals surface area contributed by atoms with E-state index in [1.165, 1.54) is 5.56 Å². The Morgan fingerprint density at radius 3 is 2.76 bits per heavy atom. The van der Waals surface area contributed by atoms with E-state index in [0.717, 1.165) is 11.1 Å². The SMILES string of the molecule is CCOc1cc(/C=N/Nc2nc(=O)[nH]nc2C)ccc1OCc1ccccc1C. The number of aromatic amines is 1. The molecule has 2 aromatic carbocycles. The van der Waals surface area contributed by atoms with Crippen LogP contribution in [0.15, 0.2) is 52.4 Å². The first-order valence-corrected chi connectivity index (χ1v) is 9.23. The monoisotopic (exact) mass is 393 g/mol. The number of H-pyrrole nitrogens is 1. The summed E-state index contributed by atoms with van der Waals surface area (Å²) < 4.78 is 11.7. The average molecular weight is 393 g/mol. The molecule has 2 N–H and O–H groups in total. The molecule has 1 aromatic heterocycles. The summed E-state index contributed by atoms with van der Waals surface area (Å²) in [6, 6.07) is 13.7. The molecule has 150 valence electrons. The van der Waals surface area contributed by atoms with Crippen molar-refractivity contribution >= 4 is 12.0 Å². The van der Waals surface area contributed by atoms with Gasteiger partial charge in [0.05, 0.1) is 12.8 Å². The molecule has 0 radical (unpaired) electrons. The molecule has 0 saturated carbocycles. The van der Waals surface area contributed by atoms with Crippen molar-refractivity contribution in [2.45, 2.75) is 27.4 Å². The highest BCUT2D eigenvalue weighted by Gasteiger charge is 2.08. The van der Waals surface area contributed by atoms with E-state index in [4.69, 9.17) is 9.47 Å². The first-order valence-electron chi connectivity index (χ1n) is 9.23. The highest BCUT2D eigenvalue weighted by Crippen LogP contribution is 2.29. The van der Waals surface area contributed by atoms with E-state index in [1.807, 2.05) is 43.3 Å². The molecular weight excluding hydrogens is 370 g/mol. The number of anilines is 1. The average Bonchev–Trinajstić information content (AvgIpc) is 2.71. The molecule has 0 spiro atoms. The Morgan fingerprint density at radius 2 is 1.97 bits per heavy atom. The molecule has 0 aliphatic carbocycles. The summed E-state index contributed by atoms with van der Waals surface area (Å²) in [5, 5.41) is 10.2. The molecule has 0 fully saturated rings. The van der Waals surface area contributed by atoms with Crippen LogP contribution >= 0.6 is 0 Å². The maximum Gasteiger partial charge on any atom is 0.363 e. The number of hydrogen-bond donors (Lipinski definition) is 2. The quantitative estimate of drug-likeness (QED) is 0.450. The number of hydrazone groups is 1. The van der Waals surface area contributed by atoms with E-state index in [2.05, 4.69) is 38.7 Å². The Kier molecular flexibility index (Phi) is 6.57. The van der Waals surface area contributed by atoms with Crippen LogP contribution in [0.4, 0.5) is 5.82 Å². The standard InChI is InChI=1S/C21H23N5O3/c1-4-28-19-11-16(12-22-25-20-15(3)24-26-21(27)23-20)9-10-18(19)29-13-17-8-6-5-7-14(17)2/h5-12H,4,13H2,1-3H3,(H2,23,25,26,27)/b22-12+. The van der Waals surface area contributed by atoms with Gasteiger partial charge >= 0.3 is 5.69 Å². The smallest absolute Gasteiger partial charge is 0.363 e. The Bertz CT molecular complexity index is 1060. The third-order valence-electron chi connectivity index (χ3n) is 4.17. The fourth-order valence-electron chi connectivity index (χ4n) is 2.59. The lowest BCUT2D eigenvalue weighted by atomic mass is 10.1. The summed E-state index contributed by atoms with van der Waals surface area (Å²) in [6.07, 6.45) is 1.61. The molecule has 8 heteroatoms. The summed E-state index contributed by atoms with van der Waals surface area (Å²) in [4.78, 5) is 15.0. The van der Waals surface area contributed by atoms with Crippen LogP contribution in [0.3, 0.4) is 0 Å². The molecule has 0 saturated heterocycles. The van der Waals surface area contributed by atoms with E-state index in [0.29, 0.717) is 36.2 Å². The summed E-state index contributed by atoms with van der Waals surface area (Å²) in [5.74, 6) is 1.60. The van der Waals surface area contributed by atoms with Gasteiger partial charge in [0, 0.05) is 0 Å². The van der Waals surface area contributed by atoms with Gasteiger partial charge in [0.15, 0.2) is 17.3 Å². The third-order valence-corrected chi connectivity index (χ3v) is 4.17. The Hall–Kier alpha value is -3.68. The molecule has 3 rings (SSSR count). The minimum atomic E-state index is -0.540. The number of nitrogens with zero attached hydrogens (tertiary/aromatic N) is 3. The largest absolute Gasteiger partial charge is 0.490 e. The van der Waals surface area contributed by atoms with Crippen LogP contribution in [0.2, 0.25) is 0 Å². The molecule has 0 atom stereocenters. The van der Waals surface area contributed by atoms with E-state index in [1.54, 1.807) is 13.1 Å². The second-order valence-corrected chi connectivity index (χ2v) is 6.30. The number of nitrogens with one attached hydrogen (secondary N) is 2. The minimum absolute atomic E-state index is 0.299. The first-order chi connectivity index (χ1) is 14.1. The van der Waals surface area contributed by atoms with Gasteiger partial charge in [-0.3, -0.25) is 5.43 Å². The van der Waals surface area contributed by atoms with Crippen molar-refractivity contribution in [2.75, 3.05) is 12.0 Å². The summed E-state index contributed by atoms with van der Waals surface area (Å²) >= 11 is 0. The van der Waals surface area contributed by atoms with Crippen molar-refractivity contribution in [1.82, 2.24) is 15.2 Å². The van der Waals surface area contributed by atoms with E-state index in [-0.39, 0.29) is 0 Å². The number of benzene rings is 2. The Morgan fingerprint density at radius 1 is 1.14 bits per heavy atom. The fraction of sp³-hybridized carbons (Fsp3) is 0.238. The third kappa shape index (κ3) is 5.41. The maximum absolute atomic E-state index is 11.3. The van der Waals surface area contributed by atoms with Crippen LogP contribution in [0.1, 0.15) is 29.3 Å². The van der Waals surface area contributed by atoms with Gasteiger partial charge in [-0.2, -0.15) is 15.2 Å². The molecule has 0 unspecified atom stereocenters. The highest BCUT2D eigenvalue weighted by molar-refractivity contribution is 5.81. The zero-order valence-electron chi connectivity index (χ0n) is 16.6. The van der Waals surface area contributed by atoms with Gasteiger partial charge in [0.1, 0.15) is 12.3 Å².